The van der Waals surface area contributed by atoms with E-state index in [2.05, 4.69) is 17.2 Å². The highest BCUT2D eigenvalue weighted by Crippen LogP contribution is 2.33. The Morgan fingerprint density at radius 3 is 2.90 bits per heavy atom. The van der Waals surface area contributed by atoms with Gasteiger partial charge in [0.15, 0.2) is 0 Å². The fourth-order valence-corrected chi connectivity index (χ4v) is 4.42. The summed E-state index contributed by atoms with van der Waals surface area (Å²) in [6.07, 6.45) is 5.06. The predicted octanol–water partition coefficient (Wildman–Crippen LogP) is 2.43. The second kappa shape index (κ2) is 10.9. The number of unbranched alkanes of at least 4 members (excludes halogenated alkanes) is 1. The van der Waals surface area contributed by atoms with Gasteiger partial charge in [0.25, 0.3) is 11.5 Å². The van der Waals surface area contributed by atoms with Crippen LogP contribution in [0.4, 0.5) is 5.82 Å². The third-order valence-electron chi connectivity index (χ3n) is 4.74. The van der Waals surface area contributed by atoms with Gasteiger partial charge in [-0.1, -0.05) is 43.4 Å². The zero-order chi connectivity index (χ0) is 22.4. The van der Waals surface area contributed by atoms with Crippen molar-refractivity contribution in [1.29, 1.82) is 0 Å². The van der Waals surface area contributed by atoms with Crippen LogP contribution >= 0.6 is 24.0 Å². The third-order valence-corrected chi connectivity index (χ3v) is 6.12. The number of thioether (sulfide) groups is 1. The molecule has 0 spiro atoms. The number of amides is 1. The van der Waals surface area contributed by atoms with E-state index in [1.165, 1.54) is 16.2 Å². The van der Waals surface area contributed by atoms with Gasteiger partial charge in [0.1, 0.15) is 15.8 Å². The number of hydrogen-bond donors (Lipinski definition) is 2. The number of hydrogen-bond acceptors (Lipinski definition) is 8. The molecule has 0 radical (unpaired) electrons. The number of aromatic nitrogens is 2. The number of nitrogens with one attached hydrogen (secondary N) is 1. The largest absolute Gasteiger partial charge is 0.394 e. The van der Waals surface area contributed by atoms with Crippen LogP contribution in [0.3, 0.4) is 0 Å². The van der Waals surface area contributed by atoms with Gasteiger partial charge in [-0.3, -0.25) is 18.9 Å². The van der Waals surface area contributed by atoms with Crippen LogP contribution in [0, 0.1) is 6.92 Å². The Hall–Kier alpha value is -2.27. The molecule has 166 valence electrons. The second-order valence-corrected chi connectivity index (χ2v) is 8.69. The number of aliphatic hydroxyl groups excluding tert-OH is 1. The average Bonchev–Trinajstić information content (AvgIpc) is 3.02. The molecular formula is C21H26N4O4S2. The standard InChI is InChI=1S/C21H26N4O4S2/c1-3-4-8-25-20(28)16(31-21(25)30)13-15-17(22-7-11-29-12-10-26)23-18-14(2)6-5-9-24(18)19(15)27/h5-6,9,13,22,26H,3-4,7-8,10-12H2,1-2H3/b16-13-. The van der Waals surface area contributed by atoms with E-state index in [0.29, 0.717) is 46.0 Å². The average molecular weight is 463 g/mol. The number of anilines is 1. The molecule has 8 nitrogen and oxygen atoms in total. The van der Waals surface area contributed by atoms with Crippen LogP contribution in [-0.4, -0.2) is 62.5 Å². The molecule has 3 rings (SSSR count). The van der Waals surface area contributed by atoms with Gasteiger partial charge in [-0.15, -0.1) is 0 Å². The smallest absolute Gasteiger partial charge is 0.267 e. The lowest BCUT2D eigenvalue weighted by Gasteiger charge is -2.13. The quantitative estimate of drug-likeness (QED) is 0.316. The lowest BCUT2D eigenvalue weighted by molar-refractivity contribution is -0.122. The fraction of sp³-hybridized carbons (Fsp3) is 0.429. The van der Waals surface area contributed by atoms with Gasteiger partial charge >= 0.3 is 0 Å². The number of aliphatic hydroxyl groups is 1. The number of nitrogens with zero attached hydrogens (tertiary/aromatic N) is 3. The summed E-state index contributed by atoms with van der Waals surface area (Å²) in [6, 6.07) is 3.67. The first-order valence-corrected chi connectivity index (χ1v) is 11.4. The molecule has 1 aliphatic rings. The summed E-state index contributed by atoms with van der Waals surface area (Å²) in [5.74, 6) is 0.195. The molecule has 0 aliphatic carbocycles. The van der Waals surface area contributed by atoms with Crippen molar-refractivity contribution in [2.24, 2.45) is 0 Å². The Bertz CT molecular complexity index is 1070. The van der Waals surface area contributed by atoms with Gasteiger partial charge in [0, 0.05) is 19.3 Å². The van der Waals surface area contributed by atoms with Gasteiger partial charge in [-0.25, -0.2) is 4.98 Å². The van der Waals surface area contributed by atoms with Crippen molar-refractivity contribution < 1.29 is 14.6 Å². The lowest BCUT2D eigenvalue weighted by Crippen LogP contribution is -2.29. The highest BCUT2D eigenvalue weighted by molar-refractivity contribution is 8.26. The molecule has 2 aromatic rings. The Morgan fingerprint density at radius 1 is 1.35 bits per heavy atom. The maximum absolute atomic E-state index is 13.3. The summed E-state index contributed by atoms with van der Waals surface area (Å²) in [7, 11) is 0. The van der Waals surface area contributed by atoms with Crippen LogP contribution in [0.2, 0.25) is 0 Å². The summed E-state index contributed by atoms with van der Waals surface area (Å²) < 4.78 is 7.26. The molecule has 0 aromatic carbocycles. The molecule has 0 unspecified atom stereocenters. The number of thiocarbonyl (C=S) groups is 1. The van der Waals surface area contributed by atoms with Crippen molar-refractivity contribution in [2.45, 2.75) is 26.7 Å². The Labute approximate surface area is 190 Å². The highest BCUT2D eigenvalue weighted by atomic mass is 32.2. The van der Waals surface area contributed by atoms with E-state index in [0.717, 1.165) is 18.4 Å². The minimum absolute atomic E-state index is 0.0557. The molecule has 0 saturated carbocycles. The fourth-order valence-electron chi connectivity index (χ4n) is 3.12. The van der Waals surface area contributed by atoms with E-state index < -0.39 is 0 Å². The molecular weight excluding hydrogens is 436 g/mol. The molecule has 2 aromatic heterocycles. The van der Waals surface area contributed by atoms with E-state index in [4.69, 9.17) is 22.1 Å². The molecule has 0 bridgehead atoms. The molecule has 1 fully saturated rings. The molecule has 0 atom stereocenters. The zero-order valence-corrected chi connectivity index (χ0v) is 19.2. The van der Waals surface area contributed by atoms with Crippen LogP contribution < -0.4 is 10.9 Å². The number of aryl methyl sites for hydroxylation is 1. The molecule has 31 heavy (non-hydrogen) atoms. The van der Waals surface area contributed by atoms with Crippen LogP contribution in [0.25, 0.3) is 11.7 Å². The number of rotatable bonds is 10. The normalized spacial score (nSPS) is 15.5. The maximum atomic E-state index is 13.3. The van der Waals surface area contributed by atoms with Crippen LogP contribution in [0.5, 0.6) is 0 Å². The first kappa shape index (κ1) is 23.4. The van der Waals surface area contributed by atoms with E-state index >= 15 is 0 Å². The van der Waals surface area contributed by atoms with Crippen molar-refractivity contribution in [1.82, 2.24) is 14.3 Å². The molecule has 2 N–H and O–H groups in total. The predicted molar refractivity (Wildman–Crippen MR) is 127 cm³/mol. The van der Waals surface area contributed by atoms with Crippen molar-refractivity contribution in [2.75, 3.05) is 38.2 Å². The molecule has 3 heterocycles. The van der Waals surface area contributed by atoms with Gasteiger partial charge in [-0.2, -0.15) is 0 Å². The van der Waals surface area contributed by atoms with Crippen molar-refractivity contribution in [3.05, 3.63) is 44.7 Å². The molecule has 10 heteroatoms. The number of carbonyl (C=O) groups excluding carboxylic acids is 1. The lowest BCUT2D eigenvalue weighted by atomic mass is 10.2. The van der Waals surface area contributed by atoms with Gasteiger partial charge in [-0.05, 0) is 31.1 Å². The van der Waals surface area contributed by atoms with Crippen LogP contribution in [0.15, 0.2) is 28.0 Å². The van der Waals surface area contributed by atoms with Crippen LogP contribution in [0.1, 0.15) is 30.9 Å². The van der Waals surface area contributed by atoms with Crippen molar-refractivity contribution in [3.63, 3.8) is 0 Å². The number of ether oxygens (including phenoxy) is 1. The summed E-state index contributed by atoms with van der Waals surface area (Å²) in [5, 5.41) is 12.0. The molecule has 1 amide bonds. The number of fused-ring (bicyclic) bond motifs is 1. The Morgan fingerprint density at radius 2 is 2.16 bits per heavy atom. The summed E-state index contributed by atoms with van der Waals surface area (Å²) in [6.45, 7) is 5.43. The Balaban J connectivity index is 1.99. The minimum atomic E-state index is -0.272. The highest BCUT2D eigenvalue weighted by Gasteiger charge is 2.32. The summed E-state index contributed by atoms with van der Waals surface area (Å²) in [5.41, 5.74) is 1.42. The van der Waals surface area contributed by atoms with Crippen molar-refractivity contribution in [3.8, 4) is 0 Å². The first-order valence-electron chi connectivity index (χ1n) is 10.2. The van der Waals surface area contributed by atoms with Crippen molar-refractivity contribution >= 4 is 51.7 Å². The van der Waals surface area contributed by atoms with E-state index in [1.54, 1.807) is 23.2 Å². The second-order valence-electron chi connectivity index (χ2n) is 7.01. The number of carbonyl (C=O) groups is 1. The summed E-state index contributed by atoms with van der Waals surface area (Å²) >= 11 is 6.57. The van der Waals surface area contributed by atoms with Crippen LogP contribution in [-0.2, 0) is 9.53 Å². The zero-order valence-electron chi connectivity index (χ0n) is 17.6. The maximum Gasteiger partial charge on any atom is 0.267 e. The summed E-state index contributed by atoms with van der Waals surface area (Å²) in [4.78, 5) is 32.8. The van der Waals surface area contributed by atoms with Gasteiger partial charge < -0.3 is 15.2 Å². The third kappa shape index (κ3) is 5.32. The molecule has 1 saturated heterocycles. The SMILES string of the molecule is CCCCN1C(=O)/C(=C/c2c(NCCOCCO)nc3c(C)cccn3c2=O)SC1=S. The first-order chi connectivity index (χ1) is 15.0. The van der Waals surface area contributed by atoms with E-state index in [9.17, 15) is 9.59 Å². The van der Waals surface area contributed by atoms with E-state index in [-0.39, 0.29) is 24.7 Å². The molecule has 1 aliphatic heterocycles. The topological polar surface area (TPSA) is 96.2 Å². The van der Waals surface area contributed by atoms with Gasteiger partial charge in [0.2, 0.25) is 0 Å². The van der Waals surface area contributed by atoms with Gasteiger partial charge in [0.05, 0.1) is 30.3 Å². The minimum Gasteiger partial charge on any atom is -0.394 e. The Kier molecular flexibility index (Phi) is 8.19. The monoisotopic (exact) mass is 462 g/mol. The van der Waals surface area contributed by atoms with E-state index in [1.807, 2.05) is 13.0 Å². The number of pyridine rings is 1.